The number of carbonyl (C=O) groups excluding carboxylic acids is 1. The fourth-order valence-electron chi connectivity index (χ4n) is 1.12. The highest BCUT2D eigenvalue weighted by atomic mass is 16.3. The van der Waals surface area contributed by atoms with Gasteiger partial charge in [-0.3, -0.25) is 9.89 Å². The molecule has 0 fully saturated rings. The summed E-state index contributed by atoms with van der Waals surface area (Å²) in [6.45, 7) is 5.48. The summed E-state index contributed by atoms with van der Waals surface area (Å²) in [5.41, 5.74) is -0.621. The van der Waals surface area contributed by atoms with Gasteiger partial charge in [-0.2, -0.15) is 0 Å². The number of hydrogen-bond donors (Lipinski definition) is 3. The first kappa shape index (κ1) is 12.6. The third-order valence-corrected chi connectivity index (χ3v) is 2.61. The molecule has 0 spiro atoms. The molecule has 16 heavy (non-hydrogen) atoms. The van der Waals surface area contributed by atoms with Gasteiger partial charge in [0, 0.05) is 6.42 Å². The minimum absolute atomic E-state index is 0.111. The molecule has 1 heterocycles. The molecule has 0 saturated carbocycles. The van der Waals surface area contributed by atoms with E-state index in [1.54, 1.807) is 6.92 Å². The first-order valence-corrected chi connectivity index (χ1v) is 5.39. The standard InChI is InChI=1S/C10H18N4O2/c1-4-7-11-8(14-13-7)9(16)12-10(3,5-2)6-15/h15H,4-6H2,1-3H3,(H,12,16)(H,11,13,14). The number of nitrogens with one attached hydrogen (secondary N) is 2. The quantitative estimate of drug-likeness (QED) is 0.671. The van der Waals surface area contributed by atoms with E-state index in [4.69, 9.17) is 5.11 Å². The predicted molar refractivity (Wildman–Crippen MR) is 59.0 cm³/mol. The summed E-state index contributed by atoms with van der Waals surface area (Å²) in [6.07, 6.45) is 1.34. The number of aryl methyl sites for hydroxylation is 1. The minimum atomic E-state index is -0.621. The van der Waals surface area contributed by atoms with Crippen molar-refractivity contribution in [3.63, 3.8) is 0 Å². The number of amides is 1. The summed E-state index contributed by atoms with van der Waals surface area (Å²) in [5.74, 6) is 0.423. The lowest BCUT2D eigenvalue weighted by Crippen LogP contribution is -2.48. The number of aliphatic hydroxyl groups excluding tert-OH is 1. The third kappa shape index (κ3) is 2.79. The third-order valence-electron chi connectivity index (χ3n) is 2.61. The molecule has 1 aromatic rings. The minimum Gasteiger partial charge on any atom is -0.394 e. The van der Waals surface area contributed by atoms with Gasteiger partial charge < -0.3 is 10.4 Å². The molecule has 0 saturated heterocycles. The Kier molecular flexibility index (Phi) is 4.00. The molecule has 1 aromatic heterocycles. The van der Waals surface area contributed by atoms with Crippen molar-refractivity contribution in [3.8, 4) is 0 Å². The number of hydrogen-bond acceptors (Lipinski definition) is 4. The smallest absolute Gasteiger partial charge is 0.291 e. The second-order valence-corrected chi connectivity index (χ2v) is 3.99. The van der Waals surface area contributed by atoms with Gasteiger partial charge in [0.2, 0.25) is 5.82 Å². The molecule has 0 aliphatic heterocycles. The number of aromatic nitrogens is 3. The number of aliphatic hydroxyl groups is 1. The van der Waals surface area contributed by atoms with Crippen molar-refractivity contribution in [1.29, 1.82) is 0 Å². The second-order valence-electron chi connectivity index (χ2n) is 3.99. The zero-order valence-corrected chi connectivity index (χ0v) is 9.87. The highest BCUT2D eigenvalue weighted by molar-refractivity contribution is 5.90. The van der Waals surface area contributed by atoms with Crippen molar-refractivity contribution in [2.45, 2.75) is 39.2 Å². The Labute approximate surface area is 94.5 Å². The van der Waals surface area contributed by atoms with Crippen molar-refractivity contribution in [3.05, 3.63) is 11.6 Å². The number of H-pyrrole nitrogens is 1. The SMILES string of the molecule is CCc1nc(C(=O)NC(C)(CC)CO)n[nH]1. The Morgan fingerprint density at radius 3 is 2.69 bits per heavy atom. The normalized spacial score (nSPS) is 14.5. The van der Waals surface area contributed by atoms with Gasteiger partial charge in [0.05, 0.1) is 12.1 Å². The van der Waals surface area contributed by atoms with Crippen LogP contribution in [0, 0.1) is 0 Å². The van der Waals surface area contributed by atoms with E-state index < -0.39 is 5.54 Å². The summed E-state index contributed by atoms with van der Waals surface area (Å²) in [4.78, 5) is 15.8. The summed E-state index contributed by atoms with van der Waals surface area (Å²) in [5, 5.41) is 18.4. The van der Waals surface area contributed by atoms with Gasteiger partial charge in [-0.05, 0) is 13.3 Å². The van der Waals surface area contributed by atoms with Gasteiger partial charge >= 0.3 is 0 Å². The van der Waals surface area contributed by atoms with E-state index in [1.165, 1.54) is 0 Å². The van der Waals surface area contributed by atoms with Crippen molar-refractivity contribution >= 4 is 5.91 Å². The van der Waals surface area contributed by atoms with Crippen molar-refractivity contribution < 1.29 is 9.90 Å². The highest BCUT2D eigenvalue weighted by Crippen LogP contribution is 2.08. The largest absolute Gasteiger partial charge is 0.394 e. The van der Waals surface area contributed by atoms with Crippen LogP contribution in [0.25, 0.3) is 0 Å². The van der Waals surface area contributed by atoms with Gasteiger partial charge in [-0.1, -0.05) is 13.8 Å². The molecule has 0 bridgehead atoms. The van der Waals surface area contributed by atoms with E-state index >= 15 is 0 Å². The lowest BCUT2D eigenvalue weighted by atomic mass is 10.0. The van der Waals surface area contributed by atoms with Gasteiger partial charge in [0.25, 0.3) is 5.91 Å². The molecule has 0 radical (unpaired) electrons. The zero-order chi connectivity index (χ0) is 12.2. The van der Waals surface area contributed by atoms with Crippen molar-refractivity contribution in [2.24, 2.45) is 0 Å². The van der Waals surface area contributed by atoms with Crippen LogP contribution in [-0.2, 0) is 6.42 Å². The van der Waals surface area contributed by atoms with Gasteiger partial charge in [-0.15, -0.1) is 5.10 Å². The number of nitrogens with zero attached hydrogens (tertiary/aromatic N) is 2. The predicted octanol–water partition coefficient (Wildman–Crippen LogP) is 0.258. The highest BCUT2D eigenvalue weighted by Gasteiger charge is 2.25. The van der Waals surface area contributed by atoms with Gasteiger partial charge in [0.1, 0.15) is 5.82 Å². The van der Waals surface area contributed by atoms with Crippen molar-refractivity contribution in [1.82, 2.24) is 20.5 Å². The molecule has 1 rings (SSSR count). The summed E-state index contributed by atoms with van der Waals surface area (Å²) in [7, 11) is 0. The monoisotopic (exact) mass is 226 g/mol. The Morgan fingerprint density at radius 1 is 1.56 bits per heavy atom. The van der Waals surface area contributed by atoms with E-state index in [1.807, 2.05) is 13.8 Å². The van der Waals surface area contributed by atoms with E-state index in [9.17, 15) is 4.79 Å². The van der Waals surface area contributed by atoms with E-state index in [0.29, 0.717) is 18.7 Å². The van der Waals surface area contributed by atoms with Crippen LogP contribution in [0.5, 0.6) is 0 Å². The molecule has 90 valence electrons. The average Bonchev–Trinajstić information content (AvgIpc) is 2.77. The van der Waals surface area contributed by atoms with E-state index in [0.717, 1.165) is 0 Å². The lowest BCUT2D eigenvalue weighted by Gasteiger charge is -2.26. The molecule has 6 heteroatoms. The maximum absolute atomic E-state index is 11.7. The van der Waals surface area contributed by atoms with Crippen LogP contribution >= 0.6 is 0 Å². The molecule has 0 aliphatic rings. The molecule has 3 N–H and O–H groups in total. The molecule has 0 aromatic carbocycles. The number of rotatable bonds is 5. The summed E-state index contributed by atoms with van der Waals surface area (Å²) in [6, 6.07) is 0. The summed E-state index contributed by atoms with van der Waals surface area (Å²) < 4.78 is 0. The van der Waals surface area contributed by atoms with Gasteiger partial charge in [-0.25, -0.2) is 4.98 Å². The molecule has 1 atom stereocenters. The number of aromatic amines is 1. The van der Waals surface area contributed by atoms with Crippen LogP contribution in [0.15, 0.2) is 0 Å². The van der Waals surface area contributed by atoms with Gasteiger partial charge in [0.15, 0.2) is 0 Å². The van der Waals surface area contributed by atoms with Crippen LogP contribution in [0.4, 0.5) is 0 Å². The maximum Gasteiger partial charge on any atom is 0.291 e. The van der Waals surface area contributed by atoms with Crippen LogP contribution in [0.3, 0.4) is 0 Å². The lowest BCUT2D eigenvalue weighted by molar-refractivity contribution is 0.0837. The molecule has 6 nitrogen and oxygen atoms in total. The van der Waals surface area contributed by atoms with Crippen LogP contribution in [0.1, 0.15) is 43.6 Å². The molecule has 1 amide bonds. The Hall–Kier alpha value is -1.43. The van der Waals surface area contributed by atoms with Crippen LogP contribution in [-0.4, -0.2) is 38.3 Å². The van der Waals surface area contributed by atoms with E-state index in [2.05, 4.69) is 20.5 Å². The average molecular weight is 226 g/mol. The fourth-order valence-corrected chi connectivity index (χ4v) is 1.12. The second kappa shape index (κ2) is 5.07. The first-order chi connectivity index (χ1) is 7.54. The molecule has 1 unspecified atom stereocenters. The zero-order valence-electron chi connectivity index (χ0n) is 9.87. The maximum atomic E-state index is 11.7. The first-order valence-electron chi connectivity index (χ1n) is 5.39. The van der Waals surface area contributed by atoms with Crippen molar-refractivity contribution in [2.75, 3.05) is 6.61 Å². The Bertz CT molecular complexity index is 357. The molecule has 0 aliphatic carbocycles. The van der Waals surface area contributed by atoms with Crippen LogP contribution in [0.2, 0.25) is 0 Å². The Balaban J connectivity index is 2.71. The Morgan fingerprint density at radius 2 is 2.25 bits per heavy atom. The molecular formula is C10H18N4O2. The molecular weight excluding hydrogens is 208 g/mol. The topological polar surface area (TPSA) is 90.9 Å². The van der Waals surface area contributed by atoms with Crippen LogP contribution < -0.4 is 5.32 Å². The summed E-state index contributed by atoms with van der Waals surface area (Å²) >= 11 is 0. The fraction of sp³-hybridized carbons (Fsp3) is 0.700. The number of carbonyl (C=O) groups is 1. The van der Waals surface area contributed by atoms with E-state index in [-0.39, 0.29) is 18.3 Å².